The average molecular weight is 816 g/mol. The average Bonchev–Trinajstić information content (AvgIpc) is 3.76. The maximum absolute atomic E-state index is 6.86. The van der Waals surface area contributed by atoms with Crippen LogP contribution in [0, 0.1) is 0 Å². The van der Waals surface area contributed by atoms with E-state index in [9.17, 15) is 0 Å². The van der Waals surface area contributed by atoms with Crippen molar-refractivity contribution in [3.63, 3.8) is 0 Å². The van der Waals surface area contributed by atoms with Crippen LogP contribution in [0.5, 0.6) is 0 Å². The van der Waals surface area contributed by atoms with Crippen LogP contribution < -0.4 is 4.90 Å². The van der Waals surface area contributed by atoms with E-state index in [1.165, 1.54) is 54.9 Å². The van der Waals surface area contributed by atoms with Crippen molar-refractivity contribution < 1.29 is 4.42 Å². The van der Waals surface area contributed by atoms with Crippen LogP contribution in [-0.2, 0) is 0 Å². The molecular formula is C62H41NO. The number of hydrogen-bond acceptors (Lipinski definition) is 2. The standard InChI is InChI=1S/C62H41NO/c1-3-16-42(17-4-1)43-34-38-48(39-35-43)63(49-40-36-47(37-41-49)53-27-14-32-58-57-31-13-26-52(61(57)64-62(53)58)46-18-5-2-6-19-46)59-33-15-30-56(54-28-11-22-44-20-7-9-24-50(44)54)60(59)55-29-12-23-45-21-8-10-25-51(45)55/h1-41H. The van der Waals surface area contributed by atoms with Gasteiger partial charge in [0.2, 0.25) is 0 Å². The smallest absolute Gasteiger partial charge is 0.143 e. The molecule has 2 heteroatoms. The highest BCUT2D eigenvalue weighted by atomic mass is 16.3. The second kappa shape index (κ2) is 15.8. The van der Waals surface area contributed by atoms with Gasteiger partial charge in [-0.05, 0) is 90.8 Å². The van der Waals surface area contributed by atoms with Crippen LogP contribution in [0.25, 0.3) is 99.1 Å². The van der Waals surface area contributed by atoms with E-state index in [1.54, 1.807) is 0 Å². The van der Waals surface area contributed by atoms with Crippen molar-refractivity contribution in [2.75, 3.05) is 4.90 Å². The van der Waals surface area contributed by atoms with Crippen molar-refractivity contribution in [1.82, 2.24) is 0 Å². The SMILES string of the molecule is c1ccc(-c2ccc(N(c3ccc(-c4cccc5c4oc4c(-c6ccccc6)cccc45)cc3)c3cccc(-c4cccc5ccccc45)c3-c3cccc4ccccc34)cc2)cc1. The van der Waals surface area contributed by atoms with Gasteiger partial charge in [-0.2, -0.15) is 0 Å². The molecule has 2 nitrogen and oxygen atoms in total. The predicted octanol–water partition coefficient (Wildman–Crippen LogP) is 17.7. The second-order valence-electron chi connectivity index (χ2n) is 16.4. The van der Waals surface area contributed by atoms with Crippen molar-refractivity contribution in [3.05, 3.63) is 249 Å². The zero-order valence-electron chi connectivity index (χ0n) is 35.0. The molecule has 0 bridgehead atoms. The van der Waals surface area contributed by atoms with Crippen molar-refractivity contribution in [3.8, 4) is 55.6 Å². The summed E-state index contributed by atoms with van der Waals surface area (Å²) in [5.74, 6) is 0. The maximum atomic E-state index is 6.86. The number of rotatable bonds is 8. The molecule has 0 atom stereocenters. The number of furan rings is 1. The fourth-order valence-electron chi connectivity index (χ4n) is 9.68. The van der Waals surface area contributed by atoms with Crippen LogP contribution in [-0.4, -0.2) is 0 Å². The number of fused-ring (bicyclic) bond motifs is 5. The number of anilines is 3. The molecule has 1 aromatic heterocycles. The molecule has 0 saturated heterocycles. The van der Waals surface area contributed by atoms with Gasteiger partial charge in [-0.1, -0.05) is 218 Å². The van der Waals surface area contributed by atoms with Crippen LogP contribution in [0.4, 0.5) is 17.1 Å². The lowest BCUT2D eigenvalue weighted by Crippen LogP contribution is -2.12. The maximum Gasteiger partial charge on any atom is 0.143 e. The summed E-state index contributed by atoms with van der Waals surface area (Å²) in [6.07, 6.45) is 0. The molecule has 300 valence electrons. The van der Waals surface area contributed by atoms with Gasteiger partial charge in [-0.3, -0.25) is 0 Å². The Morgan fingerprint density at radius 1 is 0.250 bits per heavy atom. The normalized spacial score (nSPS) is 11.4. The molecule has 12 aromatic rings. The van der Waals surface area contributed by atoms with Gasteiger partial charge in [-0.15, -0.1) is 0 Å². The van der Waals surface area contributed by atoms with E-state index >= 15 is 0 Å². The van der Waals surface area contributed by atoms with Crippen LogP contribution in [0.1, 0.15) is 0 Å². The Labute approximate surface area is 372 Å². The van der Waals surface area contributed by atoms with Crippen molar-refractivity contribution >= 4 is 60.5 Å². The van der Waals surface area contributed by atoms with Gasteiger partial charge in [0.1, 0.15) is 11.2 Å². The molecule has 0 amide bonds. The Morgan fingerprint density at radius 2 is 0.641 bits per heavy atom. The first-order valence-corrected chi connectivity index (χ1v) is 21.9. The quantitative estimate of drug-likeness (QED) is 0.152. The van der Waals surface area contributed by atoms with Crippen molar-refractivity contribution in [1.29, 1.82) is 0 Å². The highest BCUT2D eigenvalue weighted by Crippen LogP contribution is 2.49. The monoisotopic (exact) mass is 815 g/mol. The lowest BCUT2D eigenvalue weighted by atomic mass is 9.87. The highest BCUT2D eigenvalue weighted by Gasteiger charge is 2.23. The summed E-state index contributed by atoms with van der Waals surface area (Å²) >= 11 is 0. The van der Waals surface area contributed by atoms with Gasteiger partial charge in [0, 0.05) is 38.8 Å². The summed E-state index contributed by atoms with van der Waals surface area (Å²) < 4.78 is 6.86. The molecular weight excluding hydrogens is 775 g/mol. The first kappa shape index (κ1) is 37.3. The zero-order chi connectivity index (χ0) is 42.4. The van der Waals surface area contributed by atoms with Crippen molar-refractivity contribution in [2.45, 2.75) is 0 Å². The summed E-state index contributed by atoms with van der Waals surface area (Å²) in [5.41, 5.74) is 16.5. The van der Waals surface area contributed by atoms with E-state index < -0.39 is 0 Å². The van der Waals surface area contributed by atoms with Gasteiger partial charge < -0.3 is 9.32 Å². The summed E-state index contributed by atoms with van der Waals surface area (Å²) in [7, 11) is 0. The summed E-state index contributed by atoms with van der Waals surface area (Å²) in [5, 5.41) is 7.09. The molecule has 1 heterocycles. The van der Waals surface area contributed by atoms with Crippen molar-refractivity contribution in [2.24, 2.45) is 0 Å². The number of nitrogens with zero attached hydrogens (tertiary/aromatic N) is 1. The minimum atomic E-state index is 0.892. The third kappa shape index (κ3) is 6.44. The molecule has 0 radical (unpaired) electrons. The highest BCUT2D eigenvalue weighted by molar-refractivity contribution is 6.13. The molecule has 0 fully saturated rings. The summed E-state index contributed by atoms with van der Waals surface area (Å²) in [6, 6.07) is 89.6. The van der Waals surface area contributed by atoms with E-state index in [-0.39, 0.29) is 0 Å². The van der Waals surface area contributed by atoms with Crippen LogP contribution in [0.15, 0.2) is 253 Å². The van der Waals surface area contributed by atoms with E-state index in [0.29, 0.717) is 0 Å². The molecule has 11 aromatic carbocycles. The minimum absolute atomic E-state index is 0.892. The summed E-state index contributed by atoms with van der Waals surface area (Å²) in [6.45, 7) is 0. The second-order valence-corrected chi connectivity index (χ2v) is 16.4. The molecule has 0 aliphatic carbocycles. The lowest BCUT2D eigenvalue weighted by Gasteiger charge is -2.30. The Balaban J connectivity index is 1.07. The van der Waals surface area contributed by atoms with Gasteiger partial charge in [-0.25, -0.2) is 0 Å². The molecule has 12 rings (SSSR count). The molecule has 64 heavy (non-hydrogen) atoms. The van der Waals surface area contributed by atoms with Gasteiger partial charge in [0.25, 0.3) is 0 Å². The largest absolute Gasteiger partial charge is 0.455 e. The third-order valence-electron chi connectivity index (χ3n) is 12.7. The zero-order valence-corrected chi connectivity index (χ0v) is 35.0. The number of para-hydroxylation sites is 2. The van der Waals surface area contributed by atoms with Gasteiger partial charge >= 0.3 is 0 Å². The molecule has 0 N–H and O–H groups in total. The predicted molar refractivity (Wildman–Crippen MR) is 271 cm³/mol. The molecule has 0 saturated carbocycles. The molecule has 0 spiro atoms. The van der Waals surface area contributed by atoms with E-state index in [4.69, 9.17) is 4.42 Å². The fraction of sp³-hybridized carbons (Fsp3) is 0. The third-order valence-corrected chi connectivity index (χ3v) is 12.7. The van der Waals surface area contributed by atoms with E-state index in [2.05, 4.69) is 254 Å². The Morgan fingerprint density at radius 3 is 1.25 bits per heavy atom. The Bertz CT molecular complexity index is 3630. The molecule has 0 aliphatic rings. The van der Waals surface area contributed by atoms with Gasteiger partial charge in [0.15, 0.2) is 0 Å². The lowest BCUT2D eigenvalue weighted by molar-refractivity contribution is 0.671. The number of benzene rings is 11. The first-order valence-electron chi connectivity index (χ1n) is 21.9. The Kier molecular flexibility index (Phi) is 9.20. The van der Waals surface area contributed by atoms with Gasteiger partial charge in [0.05, 0.1) is 5.69 Å². The Hall–Kier alpha value is -8.46. The fourth-order valence-corrected chi connectivity index (χ4v) is 9.68. The van der Waals surface area contributed by atoms with E-state index in [0.717, 1.165) is 61.3 Å². The van der Waals surface area contributed by atoms with E-state index in [1.807, 2.05) is 0 Å². The summed E-state index contributed by atoms with van der Waals surface area (Å²) in [4.78, 5) is 2.43. The van der Waals surface area contributed by atoms with Crippen LogP contribution in [0.2, 0.25) is 0 Å². The first-order chi connectivity index (χ1) is 31.8. The van der Waals surface area contributed by atoms with Crippen LogP contribution in [0.3, 0.4) is 0 Å². The topological polar surface area (TPSA) is 16.4 Å². The number of hydrogen-bond donors (Lipinski definition) is 0. The van der Waals surface area contributed by atoms with Crippen LogP contribution >= 0.6 is 0 Å². The minimum Gasteiger partial charge on any atom is -0.455 e. The molecule has 0 unspecified atom stereocenters. The molecule has 0 aliphatic heterocycles.